The molecule has 0 spiro atoms. The number of amides is 3. The molecule has 2 aliphatic heterocycles. The van der Waals surface area contributed by atoms with Crippen molar-refractivity contribution in [1.82, 2.24) is 20.1 Å². The first kappa shape index (κ1) is 50.1. The average molecular weight is 992 g/mol. The van der Waals surface area contributed by atoms with E-state index >= 15 is 4.79 Å². The molecule has 3 fully saturated rings. The van der Waals surface area contributed by atoms with Crippen molar-refractivity contribution >= 4 is 52.9 Å². The van der Waals surface area contributed by atoms with Gasteiger partial charge in [0, 0.05) is 31.6 Å². The lowest BCUT2D eigenvalue weighted by molar-refractivity contribution is -0.497. The summed E-state index contributed by atoms with van der Waals surface area (Å²) < 4.78 is 57.2. The normalized spacial score (nSPS) is 20.7. The number of hydrogen-bond donors (Lipinski definition) is 2. The molecule has 1 saturated carbocycles. The molecule has 360 valence electrons. The lowest BCUT2D eigenvalue weighted by Crippen LogP contribution is -2.73. The van der Waals surface area contributed by atoms with Crippen LogP contribution in [0.25, 0.3) is 0 Å². The van der Waals surface area contributed by atoms with Gasteiger partial charge in [0.15, 0.2) is 23.0 Å². The zero-order valence-corrected chi connectivity index (χ0v) is 39.5. The number of alkyl halides is 3. The number of piperazine rings is 1. The van der Waals surface area contributed by atoms with Crippen molar-refractivity contribution in [1.29, 1.82) is 0 Å². The standard InChI is InChI=1S/C48H52Cl3F3N4O9/c1-29-9-5-6-12-33(29)25-56(34-18-19-34)43(59)47(4)37(32-16-14-30(15-17-32)11-8-22-64-42-39(53)21-20-38(52)41(42)54)24-35-26-55(27-40(47)57(35)45(61)67-46(2,3)48(49,50)51)44(60)66-36-13-7-10-31(23-36)28-65-58(62)63/h5-7,9-10,12-17,20-21,23,34-35,37,40,62-63H,8,11,18-19,22,24-28H2,1-4H3. The summed E-state index contributed by atoms with van der Waals surface area (Å²) in [7, 11) is 0. The molecule has 4 atom stereocenters. The first-order valence-electron chi connectivity index (χ1n) is 21.8. The molecule has 2 N–H and O–H groups in total. The van der Waals surface area contributed by atoms with Crippen LogP contribution in [0, 0.1) is 29.8 Å². The monoisotopic (exact) mass is 990 g/mol. The van der Waals surface area contributed by atoms with Gasteiger partial charge in [-0.2, -0.15) is 4.39 Å². The van der Waals surface area contributed by atoms with Crippen molar-refractivity contribution in [3.05, 3.63) is 130 Å². The molecule has 4 aromatic rings. The number of ether oxygens (including phenoxy) is 3. The average Bonchev–Trinajstić information content (AvgIpc) is 4.13. The number of carbonyl (C=O) groups excluding carboxylic acids is 3. The summed E-state index contributed by atoms with van der Waals surface area (Å²) in [5.41, 5.74) is 1.05. The van der Waals surface area contributed by atoms with Gasteiger partial charge in [-0.05, 0) is 112 Å². The van der Waals surface area contributed by atoms with Crippen LogP contribution in [-0.4, -0.2) is 95.8 Å². The number of aryl methyl sites for hydroxylation is 2. The van der Waals surface area contributed by atoms with Crippen molar-refractivity contribution < 1.29 is 57.0 Å². The Bertz CT molecular complexity index is 2440. The summed E-state index contributed by atoms with van der Waals surface area (Å²) >= 11 is 19.0. The molecule has 3 amide bonds. The lowest BCUT2D eigenvalue weighted by Gasteiger charge is -2.59. The van der Waals surface area contributed by atoms with Gasteiger partial charge in [0.1, 0.15) is 5.75 Å². The van der Waals surface area contributed by atoms with Crippen molar-refractivity contribution in [2.75, 3.05) is 19.7 Å². The largest absolute Gasteiger partial charge is 0.488 e. The first-order valence-corrected chi connectivity index (χ1v) is 23.0. The van der Waals surface area contributed by atoms with Gasteiger partial charge in [0.2, 0.25) is 15.5 Å². The van der Waals surface area contributed by atoms with Gasteiger partial charge in [0.05, 0.1) is 36.1 Å². The number of rotatable bonds is 15. The van der Waals surface area contributed by atoms with E-state index in [0.29, 0.717) is 31.0 Å². The second kappa shape index (κ2) is 20.4. The summed E-state index contributed by atoms with van der Waals surface area (Å²) in [5.74, 6) is -4.99. The van der Waals surface area contributed by atoms with Crippen LogP contribution >= 0.6 is 34.8 Å². The van der Waals surface area contributed by atoms with Crippen LogP contribution < -0.4 is 9.47 Å². The molecule has 67 heavy (non-hydrogen) atoms. The summed E-state index contributed by atoms with van der Waals surface area (Å²) in [6.45, 7) is 6.55. The maximum Gasteiger partial charge on any atom is 0.415 e. The second-order valence-corrected chi connectivity index (χ2v) is 20.2. The van der Waals surface area contributed by atoms with E-state index in [1.54, 1.807) is 18.2 Å². The quantitative estimate of drug-likeness (QED) is 0.0512. The second-order valence-electron chi connectivity index (χ2n) is 17.9. The topological polar surface area (TPSA) is 142 Å². The number of likely N-dealkylation sites (tertiary alicyclic amines) is 1. The first-order chi connectivity index (χ1) is 31.7. The Hall–Kier alpha value is -4.81. The fourth-order valence-electron chi connectivity index (χ4n) is 8.95. The molecule has 2 bridgehead atoms. The van der Waals surface area contributed by atoms with E-state index in [2.05, 4.69) is 0 Å². The number of hydrogen-bond acceptors (Lipinski definition) is 10. The summed E-state index contributed by atoms with van der Waals surface area (Å²) in [6.07, 6.45) is 0.966. The van der Waals surface area contributed by atoms with Crippen molar-refractivity contribution in [2.45, 2.75) is 106 Å². The molecular formula is C48H52Cl3F3N4O9. The molecule has 3 aliphatic rings. The number of fused-ring (bicyclic) bond motifs is 2. The molecule has 0 aromatic heterocycles. The minimum Gasteiger partial charge on any atom is -0.488 e. The summed E-state index contributed by atoms with van der Waals surface area (Å²) in [4.78, 5) is 54.3. The highest BCUT2D eigenvalue weighted by Crippen LogP contribution is 2.54. The predicted octanol–water partition coefficient (Wildman–Crippen LogP) is 10.5. The van der Waals surface area contributed by atoms with E-state index in [1.807, 2.05) is 67.3 Å². The highest BCUT2D eigenvalue weighted by Gasteiger charge is 2.63. The number of halogens is 6. The van der Waals surface area contributed by atoms with E-state index in [-0.39, 0.29) is 50.4 Å². The summed E-state index contributed by atoms with van der Waals surface area (Å²) in [6, 6.07) is 21.4. The van der Waals surface area contributed by atoms with Crippen LogP contribution in [0.15, 0.2) is 84.9 Å². The molecule has 0 radical (unpaired) electrons. The van der Waals surface area contributed by atoms with Crippen LogP contribution in [0.1, 0.15) is 80.2 Å². The third-order valence-electron chi connectivity index (χ3n) is 13.0. The molecular weight excluding hydrogens is 940 g/mol. The highest BCUT2D eigenvalue weighted by molar-refractivity contribution is 6.68. The van der Waals surface area contributed by atoms with Gasteiger partial charge in [0.25, 0.3) is 0 Å². The van der Waals surface area contributed by atoms with Gasteiger partial charge in [-0.15, -0.1) is 0 Å². The van der Waals surface area contributed by atoms with Crippen LogP contribution in [0.3, 0.4) is 0 Å². The molecule has 19 heteroatoms. The minimum absolute atomic E-state index is 0.0215. The highest BCUT2D eigenvalue weighted by atomic mass is 35.6. The van der Waals surface area contributed by atoms with Gasteiger partial charge in [-0.3, -0.25) is 20.1 Å². The zero-order valence-electron chi connectivity index (χ0n) is 37.3. The third-order valence-corrected chi connectivity index (χ3v) is 14.3. The van der Waals surface area contributed by atoms with E-state index in [9.17, 15) is 22.8 Å². The Balaban J connectivity index is 1.23. The number of benzene rings is 4. The Morgan fingerprint density at radius 1 is 0.881 bits per heavy atom. The Morgan fingerprint density at radius 2 is 1.58 bits per heavy atom. The fourth-order valence-corrected chi connectivity index (χ4v) is 9.07. The van der Waals surface area contributed by atoms with E-state index in [0.717, 1.165) is 41.2 Å². The van der Waals surface area contributed by atoms with Crippen LogP contribution in [-0.2, 0) is 33.9 Å². The van der Waals surface area contributed by atoms with Crippen LogP contribution in [0.5, 0.6) is 11.5 Å². The molecule has 2 heterocycles. The maximum absolute atomic E-state index is 15.9. The van der Waals surface area contributed by atoms with E-state index in [1.165, 1.54) is 29.7 Å². The fraction of sp³-hybridized carbons (Fsp3) is 0.438. The Kier molecular flexibility index (Phi) is 15.3. The third kappa shape index (κ3) is 11.2. The maximum atomic E-state index is 15.9. The molecule has 1 aliphatic carbocycles. The number of piperidine rings is 1. The van der Waals surface area contributed by atoms with Crippen LogP contribution in [0.2, 0.25) is 0 Å². The minimum atomic E-state index is -2.03. The molecule has 2 saturated heterocycles. The van der Waals surface area contributed by atoms with Gasteiger partial charge >= 0.3 is 12.2 Å². The van der Waals surface area contributed by atoms with Crippen molar-refractivity contribution in [3.63, 3.8) is 0 Å². The predicted molar refractivity (Wildman–Crippen MR) is 241 cm³/mol. The summed E-state index contributed by atoms with van der Waals surface area (Å²) in [5, 5.41) is 17.6. The van der Waals surface area contributed by atoms with Crippen molar-refractivity contribution in [3.8, 4) is 11.5 Å². The van der Waals surface area contributed by atoms with Crippen LogP contribution in [0.4, 0.5) is 22.8 Å². The number of nitrogens with zero attached hydrogens (tertiary/aromatic N) is 4. The molecule has 4 aromatic carbocycles. The smallest absolute Gasteiger partial charge is 0.415 e. The van der Waals surface area contributed by atoms with Gasteiger partial charge < -0.3 is 24.0 Å². The van der Waals surface area contributed by atoms with E-state index in [4.69, 9.17) is 64.3 Å². The SMILES string of the molecule is Cc1ccccc1CN(C(=O)C1(C)C(c2ccc(CCCOc3c(F)ccc(F)c3F)cc2)CC2CN(C(=O)Oc3cccc(CON(O)O)c3)CC1N2C(=O)OC(C)(C)C(Cl)(Cl)Cl)C1CC1. The van der Waals surface area contributed by atoms with Gasteiger partial charge in [-0.1, -0.05) is 95.5 Å². The van der Waals surface area contributed by atoms with Gasteiger partial charge in [-0.25, -0.2) is 23.2 Å². The zero-order chi connectivity index (χ0) is 48.4. The molecule has 7 rings (SSSR count). The number of carbonyl (C=O) groups is 3. The van der Waals surface area contributed by atoms with E-state index < -0.39 is 73.6 Å². The Morgan fingerprint density at radius 3 is 2.25 bits per heavy atom. The lowest BCUT2D eigenvalue weighted by atomic mass is 9.60. The van der Waals surface area contributed by atoms with Crippen molar-refractivity contribution in [2.24, 2.45) is 5.41 Å². The molecule has 4 unspecified atom stereocenters. The molecule has 13 nitrogen and oxygen atoms in total. The Labute approximate surface area is 401 Å².